The highest BCUT2D eigenvalue weighted by Crippen LogP contribution is 2.37. The molecule has 2 aromatic rings. The molecule has 0 aromatic heterocycles. The summed E-state index contributed by atoms with van der Waals surface area (Å²) in [5.41, 5.74) is -1.06. The fraction of sp³-hybridized carbons (Fsp3) is 0.0769. The van der Waals surface area contributed by atoms with Crippen molar-refractivity contribution in [3.05, 3.63) is 57.9 Å². The van der Waals surface area contributed by atoms with Gasteiger partial charge in [-0.05, 0) is 5.56 Å². The van der Waals surface area contributed by atoms with Crippen LogP contribution in [0.5, 0.6) is 0 Å². The van der Waals surface area contributed by atoms with Crippen molar-refractivity contribution in [3.8, 4) is 11.1 Å². The Bertz CT molecular complexity index is 656. The highest BCUT2D eigenvalue weighted by Gasteiger charge is 2.27. The molecule has 0 unspecified atom stereocenters. The summed E-state index contributed by atoms with van der Waals surface area (Å²) >= 11 is 11.5. The highest BCUT2D eigenvalue weighted by atomic mass is 35.5. The van der Waals surface area contributed by atoms with Gasteiger partial charge >= 0.3 is 0 Å². The molecule has 2 rings (SSSR count). The second-order valence-corrected chi connectivity index (χ2v) is 4.50. The third kappa shape index (κ3) is 2.25. The van der Waals surface area contributed by atoms with E-state index in [-0.39, 0.29) is 16.5 Å². The molecular weight excluding hydrogens is 322 g/mol. The molecule has 0 aliphatic rings. The number of alkyl halides is 1. The van der Waals surface area contributed by atoms with Crippen LogP contribution < -0.4 is 0 Å². The van der Waals surface area contributed by atoms with Gasteiger partial charge in [-0.2, -0.15) is 0 Å². The minimum absolute atomic E-state index is 0.0674. The molecule has 0 amide bonds. The van der Waals surface area contributed by atoms with E-state index in [0.717, 1.165) is 6.07 Å². The summed E-state index contributed by atoms with van der Waals surface area (Å²) in [6, 6.07) is 3.98. The Balaban J connectivity index is 2.84. The van der Waals surface area contributed by atoms with Gasteiger partial charge in [-0.3, -0.25) is 0 Å². The average molecular weight is 327 g/mol. The van der Waals surface area contributed by atoms with Crippen molar-refractivity contribution in [1.29, 1.82) is 0 Å². The molecule has 0 radical (unpaired) electrons. The average Bonchev–Trinajstić information content (AvgIpc) is 2.45. The fourth-order valence-corrected chi connectivity index (χ4v) is 2.30. The minimum atomic E-state index is -2.21. The maximum Gasteiger partial charge on any atom is 0.200 e. The molecule has 0 saturated carbocycles. The zero-order valence-electron chi connectivity index (χ0n) is 9.58. The van der Waals surface area contributed by atoms with Gasteiger partial charge in [-0.25, -0.2) is 22.0 Å². The van der Waals surface area contributed by atoms with Crippen molar-refractivity contribution in [3.63, 3.8) is 0 Å². The van der Waals surface area contributed by atoms with E-state index in [4.69, 9.17) is 23.2 Å². The standard InChI is InChI=1S/C13H5Cl2F5/c14-4-5-2-1-3-6(8(5)15)7-9(16)11(18)13(20)12(19)10(7)17/h1-3H,4H2. The van der Waals surface area contributed by atoms with Crippen LogP contribution in [0.2, 0.25) is 5.02 Å². The predicted octanol–water partition coefficient (Wildman–Crippen LogP) is 5.44. The maximum absolute atomic E-state index is 13.7. The number of rotatable bonds is 2. The molecular formula is C13H5Cl2F5. The van der Waals surface area contributed by atoms with E-state index in [9.17, 15) is 22.0 Å². The van der Waals surface area contributed by atoms with E-state index in [1.54, 1.807) is 0 Å². The van der Waals surface area contributed by atoms with Crippen LogP contribution in [0.25, 0.3) is 11.1 Å². The molecule has 0 N–H and O–H groups in total. The Morgan fingerprint density at radius 2 is 1.30 bits per heavy atom. The first-order valence-corrected chi connectivity index (χ1v) is 6.16. The summed E-state index contributed by atoms with van der Waals surface area (Å²) in [5.74, 6) is -10.2. The Kier molecular flexibility index (Phi) is 4.20. The molecule has 7 heteroatoms. The fourth-order valence-electron chi connectivity index (χ4n) is 1.72. The Morgan fingerprint density at radius 3 is 1.80 bits per heavy atom. The van der Waals surface area contributed by atoms with Gasteiger partial charge in [0.05, 0.1) is 10.6 Å². The SMILES string of the molecule is Fc1c(F)c(F)c(-c2cccc(CCl)c2Cl)c(F)c1F. The molecule has 0 nitrogen and oxygen atoms in total. The van der Waals surface area contributed by atoms with Gasteiger partial charge in [-0.1, -0.05) is 29.8 Å². The van der Waals surface area contributed by atoms with E-state index in [1.165, 1.54) is 12.1 Å². The lowest BCUT2D eigenvalue weighted by molar-refractivity contribution is 0.381. The zero-order valence-corrected chi connectivity index (χ0v) is 11.1. The minimum Gasteiger partial charge on any atom is -0.203 e. The Labute approximate surface area is 120 Å². The van der Waals surface area contributed by atoms with E-state index in [1.807, 2.05) is 0 Å². The first-order chi connectivity index (χ1) is 9.40. The zero-order chi connectivity index (χ0) is 15.0. The summed E-state index contributed by atoms with van der Waals surface area (Å²) in [4.78, 5) is 0. The molecule has 20 heavy (non-hydrogen) atoms. The summed E-state index contributed by atoms with van der Waals surface area (Å²) in [5, 5.41) is -0.161. The Morgan fingerprint density at radius 1 is 0.800 bits per heavy atom. The number of hydrogen-bond donors (Lipinski definition) is 0. The number of benzene rings is 2. The molecule has 0 spiro atoms. The second kappa shape index (κ2) is 5.58. The lowest BCUT2D eigenvalue weighted by Gasteiger charge is -2.11. The summed E-state index contributed by atoms with van der Waals surface area (Å²) < 4.78 is 66.7. The van der Waals surface area contributed by atoms with Crippen LogP contribution in [-0.2, 0) is 5.88 Å². The van der Waals surface area contributed by atoms with Gasteiger partial charge in [0.15, 0.2) is 23.3 Å². The van der Waals surface area contributed by atoms with Gasteiger partial charge in [0.1, 0.15) is 0 Å². The monoisotopic (exact) mass is 326 g/mol. The molecule has 0 heterocycles. The number of halogens is 7. The van der Waals surface area contributed by atoms with Crippen LogP contribution in [0.1, 0.15) is 5.56 Å². The van der Waals surface area contributed by atoms with Crippen molar-refractivity contribution in [2.45, 2.75) is 5.88 Å². The molecule has 0 saturated heterocycles. The second-order valence-electron chi connectivity index (χ2n) is 3.86. The summed E-state index contributed by atoms with van der Waals surface area (Å²) in [7, 11) is 0. The van der Waals surface area contributed by atoms with Crippen LogP contribution >= 0.6 is 23.2 Å². The van der Waals surface area contributed by atoms with Crippen LogP contribution in [0.15, 0.2) is 18.2 Å². The lowest BCUT2D eigenvalue weighted by atomic mass is 10.0. The van der Waals surface area contributed by atoms with Gasteiger partial charge in [0, 0.05) is 11.4 Å². The van der Waals surface area contributed by atoms with Crippen LogP contribution in [-0.4, -0.2) is 0 Å². The summed E-state index contributed by atoms with van der Waals surface area (Å²) in [6.07, 6.45) is 0. The van der Waals surface area contributed by atoms with E-state index < -0.39 is 34.6 Å². The largest absolute Gasteiger partial charge is 0.203 e. The van der Waals surface area contributed by atoms with E-state index >= 15 is 0 Å². The van der Waals surface area contributed by atoms with Crippen molar-refractivity contribution in [1.82, 2.24) is 0 Å². The summed E-state index contributed by atoms with van der Waals surface area (Å²) in [6.45, 7) is 0. The van der Waals surface area contributed by atoms with Gasteiger partial charge in [0.2, 0.25) is 5.82 Å². The smallest absolute Gasteiger partial charge is 0.200 e. The lowest BCUT2D eigenvalue weighted by Crippen LogP contribution is -2.04. The normalized spacial score (nSPS) is 10.9. The first-order valence-electron chi connectivity index (χ1n) is 5.25. The Hall–Kier alpha value is -1.33. The number of hydrogen-bond acceptors (Lipinski definition) is 0. The van der Waals surface area contributed by atoms with Crippen molar-refractivity contribution < 1.29 is 22.0 Å². The highest BCUT2D eigenvalue weighted by molar-refractivity contribution is 6.34. The van der Waals surface area contributed by atoms with Crippen molar-refractivity contribution in [2.24, 2.45) is 0 Å². The third-order valence-electron chi connectivity index (χ3n) is 2.70. The maximum atomic E-state index is 13.7. The molecule has 0 aliphatic heterocycles. The van der Waals surface area contributed by atoms with Gasteiger partial charge in [0.25, 0.3) is 0 Å². The van der Waals surface area contributed by atoms with Gasteiger partial charge in [-0.15, -0.1) is 11.6 Å². The first kappa shape index (κ1) is 15.1. The third-order valence-corrected chi connectivity index (χ3v) is 3.44. The van der Waals surface area contributed by atoms with Crippen molar-refractivity contribution in [2.75, 3.05) is 0 Å². The van der Waals surface area contributed by atoms with Crippen LogP contribution in [0, 0.1) is 29.1 Å². The quantitative estimate of drug-likeness (QED) is 0.298. The molecule has 0 fully saturated rings. The molecule has 2 aromatic carbocycles. The predicted molar refractivity (Wildman–Crippen MR) is 66.2 cm³/mol. The van der Waals surface area contributed by atoms with Gasteiger partial charge < -0.3 is 0 Å². The topological polar surface area (TPSA) is 0 Å². The molecule has 0 bridgehead atoms. The van der Waals surface area contributed by atoms with E-state index in [0.29, 0.717) is 5.56 Å². The van der Waals surface area contributed by atoms with E-state index in [2.05, 4.69) is 0 Å². The molecule has 0 atom stereocenters. The van der Waals surface area contributed by atoms with Crippen LogP contribution in [0.3, 0.4) is 0 Å². The van der Waals surface area contributed by atoms with Crippen LogP contribution in [0.4, 0.5) is 22.0 Å². The van der Waals surface area contributed by atoms with Crippen molar-refractivity contribution >= 4 is 23.2 Å². The molecule has 106 valence electrons. The molecule has 0 aliphatic carbocycles.